The molecule has 5 nitrogen and oxygen atoms in total. The molecule has 0 N–H and O–H groups in total. The minimum absolute atomic E-state index is 0.482. The van der Waals surface area contributed by atoms with Gasteiger partial charge in [-0.2, -0.15) is 5.10 Å². The van der Waals surface area contributed by atoms with Crippen LogP contribution in [-0.4, -0.2) is 27.8 Å². The minimum Gasteiger partial charge on any atom is -0.486 e. The van der Waals surface area contributed by atoms with Gasteiger partial charge in [0.25, 0.3) is 0 Å². The Bertz CT molecular complexity index is 840. The number of benzene rings is 1. The number of aromatic nitrogens is 3. The van der Waals surface area contributed by atoms with Gasteiger partial charge in [-0.25, -0.2) is 9.50 Å². The molecule has 1 aliphatic rings. The number of hydrogen-bond acceptors (Lipinski definition) is 4. The molecule has 0 bridgehead atoms. The summed E-state index contributed by atoms with van der Waals surface area (Å²) in [5, 5.41) is 4.15. The molecule has 3 aromatic rings. The van der Waals surface area contributed by atoms with E-state index in [9.17, 15) is 0 Å². The second kappa shape index (κ2) is 7.55. The predicted octanol–water partition coefficient (Wildman–Crippen LogP) is 4.43. The molecule has 0 aliphatic carbocycles. The van der Waals surface area contributed by atoms with Gasteiger partial charge in [0.1, 0.15) is 19.5 Å². The zero-order chi connectivity index (χ0) is 17.8. The standard InChI is InChI=1S/C11H14O2.C9H11N3/c1-8(2)9-3-4-10-11(7-9)13-6-5-12-10;1-7(2)8-4-3-5-9-10-6-11-12(8)9/h3-4,7-8H,5-6H2,1-2H3;3-7H,1-2H3. The van der Waals surface area contributed by atoms with E-state index in [2.05, 4.69) is 56.0 Å². The zero-order valence-corrected chi connectivity index (χ0v) is 15.3. The molecule has 1 aliphatic heterocycles. The highest BCUT2D eigenvalue weighted by Crippen LogP contribution is 2.32. The Kier molecular flexibility index (Phi) is 5.22. The second-order valence-electron chi connectivity index (χ2n) is 6.69. The molecule has 0 saturated heterocycles. The molecule has 1 aromatic carbocycles. The van der Waals surface area contributed by atoms with E-state index in [1.807, 2.05) is 22.7 Å². The van der Waals surface area contributed by atoms with Gasteiger partial charge in [0.15, 0.2) is 17.1 Å². The Morgan fingerprint density at radius 1 is 0.920 bits per heavy atom. The highest BCUT2D eigenvalue weighted by atomic mass is 16.6. The van der Waals surface area contributed by atoms with Crippen LogP contribution in [0.4, 0.5) is 0 Å². The first-order chi connectivity index (χ1) is 12.1. The molecule has 5 heteroatoms. The van der Waals surface area contributed by atoms with E-state index in [4.69, 9.17) is 9.47 Å². The van der Waals surface area contributed by atoms with Gasteiger partial charge in [0, 0.05) is 5.69 Å². The Morgan fingerprint density at radius 2 is 1.68 bits per heavy atom. The lowest BCUT2D eigenvalue weighted by Gasteiger charge is -2.19. The Morgan fingerprint density at radius 3 is 2.40 bits per heavy atom. The van der Waals surface area contributed by atoms with Crippen LogP contribution in [-0.2, 0) is 0 Å². The molecule has 0 saturated carbocycles. The van der Waals surface area contributed by atoms with E-state index in [1.54, 1.807) is 6.33 Å². The topological polar surface area (TPSA) is 48.7 Å². The van der Waals surface area contributed by atoms with Crippen molar-refractivity contribution in [3.63, 3.8) is 0 Å². The summed E-state index contributed by atoms with van der Waals surface area (Å²) in [6, 6.07) is 12.2. The third kappa shape index (κ3) is 3.92. The quantitative estimate of drug-likeness (QED) is 0.693. The van der Waals surface area contributed by atoms with Crippen molar-refractivity contribution in [1.82, 2.24) is 14.6 Å². The summed E-state index contributed by atoms with van der Waals surface area (Å²) in [5.41, 5.74) is 3.41. The summed E-state index contributed by atoms with van der Waals surface area (Å²) < 4.78 is 12.8. The van der Waals surface area contributed by atoms with Crippen LogP contribution in [0.5, 0.6) is 11.5 Å². The molecule has 0 spiro atoms. The zero-order valence-electron chi connectivity index (χ0n) is 15.3. The summed E-state index contributed by atoms with van der Waals surface area (Å²) in [4.78, 5) is 4.11. The third-order valence-electron chi connectivity index (χ3n) is 4.16. The van der Waals surface area contributed by atoms with Crippen molar-refractivity contribution in [2.45, 2.75) is 39.5 Å². The number of ether oxygens (including phenoxy) is 2. The van der Waals surface area contributed by atoms with Gasteiger partial charge in [-0.15, -0.1) is 0 Å². The lowest BCUT2D eigenvalue weighted by Crippen LogP contribution is -2.15. The van der Waals surface area contributed by atoms with Crippen molar-refractivity contribution in [2.24, 2.45) is 0 Å². The highest BCUT2D eigenvalue weighted by molar-refractivity contribution is 5.44. The smallest absolute Gasteiger partial charge is 0.161 e. The van der Waals surface area contributed by atoms with Crippen molar-refractivity contribution in [2.75, 3.05) is 13.2 Å². The second-order valence-corrected chi connectivity index (χ2v) is 6.69. The maximum absolute atomic E-state index is 5.49. The van der Waals surface area contributed by atoms with Gasteiger partial charge in [-0.3, -0.25) is 0 Å². The number of fused-ring (bicyclic) bond motifs is 2. The maximum Gasteiger partial charge on any atom is 0.161 e. The van der Waals surface area contributed by atoms with Gasteiger partial charge in [0.05, 0.1) is 0 Å². The molecule has 132 valence electrons. The lowest BCUT2D eigenvalue weighted by atomic mass is 10.0. The van der Waals surface area contributed by atoms with E-state index >= 15 is 0 Å². The Labute approximate surface area is 148 Å². The SMILES string of the molecule is CC(C)c1ccc2c(c1)OCCO2.CC(C)c1cccc2ncnn12. The van der Waals surface area contributed by atoms with Gasteiger partial charge >= 0.3 is 0 Å². The fourth-order valence-corrected chi connectivity index (χ4v) is 2.72. The van der Waals surface area contributed by atoms with E-state index in [-0.39, 0.29) is 0 Å². The third-order valence-corrected chi connectivity index (χ3v) is 4.16. The van der Waals surface area contributed by atoms with E-state index < -0.39 is 0 Å². The van der Waals surface area contributed by atoms with Crippen LogP contribution < -0.4 is 9.47 Å². The Hall–Kier alpha value is -2.56. The molecule has 2 aromatic heterocycles. The number of hydrogen-bond donors (Lipinski definition) is 0. The molecule has 3 heterocycles. The first-order valence-electron chi connectivity index (χ1n) is 8.74. The number of pyridine rings is 1. The molecular formula is C20H25N3O2. The van der Waals surface area contributed by atoms with Crippen molar-refractivity contribution in [1.29, 1.82) is 0 Å². The minimum atomic E-state index is 0.482. The molecular weight excluding hydrogens is 314 g/mol. The molecule has 25 heavy (non-hydrogen) atoms. The summed E-state index contributed by atoms with van der Waals surface area (Å²) in [6.45, 7) is 9.96. The van der Waals surface area contributed by atoms with Crippen LogP contribution in [0.1, 0.15) is 50.8 Å². The normalized spacial score (nSPS) is 13.0. The lowest BCUT2D eigenvalue weighted by molar-refractivity contribution is 0.171. The fourth-order valence-electron chi connectivity index (χ4n) is 2.72. The predicted molar refractivity (Wildman–Crippen MR) is 98.6 cm³/mol. The van der Waals surface area contributed by atoms with Crippen molar-refractivity contribution < 1.29 is 9.47 Å². The fraction of sp³-hybridized carbons (Fsp3) is 0.400. The Balaban J connectivity index is 0.000000146. The first-order valence-corrected chi connectivity index (χ1v) is 8.74. The van der Waals surface area contributed by atoms with Crippen LogP contribution in [0.2, 0.25) is 0 Å². The van der Waals surface area contributed by atoms with Gasteiger partial charge in [-0.05, 0) is 41.7 Å². The largest absolute Gasteiger partial charge is 0.486 e. The van der Waals surface area contributed by atoms with Crippen LogP contribution in [0.15, 0.2) is 42.7 Å². The molecule has 0 unspecified atom stereocenters. The molecule has 0 amide bonds. The summed E-state index contributed by atoms with van der Waals surface area (Å²) in [7, 11) is 0. The summed E-state index contributed by atoms with van der Waals surface area (Å²) >= 11 is 0. The monoisotopic (exact) mass is 339 g/mol. The van der Waals surface area contributed by atoms with Crippen LogP contribution in [0.25, 0.3) is 5.65 Å². The van der Waals surface area contributed by atoms with E-state index in [1.165, 1.54) is 11.3 Å². The maximum atomic E-state index is 5.49. The van der Waals surface area contributed by atoms with Gasteiger partial charge < -0.3 is 9.47 Å². The highest BCUT2D eigenvalue weighted by Gasteiger charge is 2.12. The number of rotatable bonds is 2. The van der Waals surface area contributed by atoms with Gasteiger partial charge in [-0.1, -0.05) is 39.8 Å². The summed E-state index contributed by atoms with van der Waals surface area (Å²) in [6.07, 6.45) is 1.58. The van der Waals surface area contributed by atoms with Crippen molar-refractivity contribution >= 4 is 5.65 Å². The number of nitrogens with zero attached hydrogens (tertiary/aromatic N) is 3. The van der Waals surface area contributed by atoms with Crippen LogP contribution in [0.3, 0.4) is 0 Å². The first kappa shape index (κ1) is 17.3. The molecule has 0 atom stereocenters. The summed E-state index contributed by atoms with van der Waals surface area (Å²) in [5.74, 6) is 2.78. The average Bonchev–Trinajstić information content (AvgIpc) is 3.10. The van der Waals surface area contributed by atoms with E-state index in [0.717, 1.165) is 17.1 Å². The van der Waals surface area contributed by atoms with Crippen LogP contribution >= 0.6 is 0 Å². The van der Waals surface area contributed by atoms with Crippen molar-refractivity contribution in [3.8, 4) is 11.5 Å². The average molecular weight is 339 g/mol. The van der Waals surface area contributed by atoms with Gasteiger partial charge in [0.2, 0.25) is 0 Å². The molecule has 0 fully saturated rings. The van der Waals surface area contributed by atoms with Crippen molar-refractivity contribution in [3.05, 3.63) is 54.0 Å². The van der Waals surface area contributed by atoms with E-state index in [0.29, 0.717) is 25.0 Å². The molecule has 4 rings (SSSR count). The molecule has 0 radical (unpaired) electrons. The van der Waals surface area contributed by atoms with Crippen LogP contribution in [0, 0.1) is 0 Å².